The second kappa shape index (κ2) is 5.12. The van der Waals surface area contributed by atoms with Crippen molar-refractivity contribution in [1.29, 1.82) is 0 Å². The second-order valence-electron chi connectivity index (χ2n) is 4.28. The number of benzene rings is 1. The smallest absolute Gasteiger partial charge is 0.123 e. The molecule has 17 heavy (non-hydrogen) atoms. The first-order valence-corrected chi connectivity index (χ1v) is 5.77. The van der Waals surface area contributed by atoms with Gasteiger partial charge in [0.05, 0.1) is 0 Å². The molecule has 4 heteroatoms. The minimum absolute atomic E-state index is 0.0632. The highest BCUT2D eigenvalue weighted by molar-refractivity contribution is 5.26. The van der Waals surface area contributed by atoms with Gasteiger partial charge in [-0.15, -0.1) is 0 Å². The zero-order valence-corrected chi connectivity index (χ0v) is 10.2. The molecule has 1 aliphatic heterocycles. The van der Waals surface area contributed by atoms with Crippen molar-refractivity contribution in [2.45, 2.75) is 18.1 Å². The molecule has 1 heterocycles. The van der Waals surface area contributed by atoms with E-state index in [-0.39, 0.29) is 11.9 Å². The van der Waals surface area contributed by atoms with Crippen molar-refractivity contribution in [3.8, 4) is 0 Å². The van der Waals surface area contributed by atoms with Gasteiger partial charge in [-0.25, -0.2) is 4.39 Å². The highest BCUT2D eigenvalue weighted by atomic mass is 19.1. The van der Waals surface area contributed by atoms with Crippen LogP contribution in [0, 0.1) is 5.82 Å². The lowest BCUT2D eigenvalue weighted by Gasteiger charge is -2.42. The molecule has 1 fully saturated rings. The molecule has 0 amide bonds. The van der Waals surface area contributed by atoms with E-state index in [4.69, 9.17) is 9.47 Å². The first kappa shape index (κ1) is 12.5. The third-order valence-electron chi connectivity index (χ3n) is 3.50. The lowest BCUT2D eigenvalue weighted by atomic mass is 9.82. The van der Waals surface area contributed by atoms with Crippen LogP contribution >= 0.6 is 0 Å². The van der Waals surface area contributed by atoms with E-state index < -0.39 is 5.60 Å². The highest BCUT2D eigenvalue weighted by Gasteiger charge is 2.43. The van der Waals surface area contributed by atoms with Crippen LogP contribution in [0.5, 0.6) is 0 Å². The summed E-state index contributed by atoms with van der Waals surface area (Å²) in [4.78, 5) is 0. The molecule has 0 bridgehead atoms. The Bertz CT molecular complexity index is 368. The topological polar surface area (TPSA) is 30.5 Å². The van der Waals surface area contributed by atoms with Crippen molar-refractivity contribution in [1.82, 2.24) is 5.32 Å². The lowest BCUT2D eigenvalue weighted by Crippen LogP contribution is -2.53. The maximum atomic E-state index is 13.0. The molecule has 3 nitrogen and oxygen atoms in total. The molecular formula is C13H18FNO2. The van der Waals surface area contributed by atoms with Crippen molar-refractivity contribution in [3.63, 3.8) is 0 Å². The minimum Gasteiger partial charge on any atom is -0.377 e. The van der Waals surface area contributed by atoms with Gasteiger partial charge in [0.25, 0.3) is 0 Å². The first-order valence-electron chi connectivity index (χ1n) is 5.77. The number of hydrogen-bond acceptors (Lipinski definition) is 3. The largest absolute Gasteiger partial charge is 0.377 e. The summed E-state index contributed by atoms with van der Waals surface area (Å²) in [6.07, 6.45) is 0.750. The molecule has 0 spiro atoms. The molecule has 1 N–H and O–H groups in total. The zero-order valence-electron chi connectivity index (χ0n) is 10.2. The average molecular weight is 239 g/mol. The van der Waals surface area contributed by atoms with Gasteiger partial charge < -0.3 is 14.8 Å². The summed E-state index contributed by atoms with van der Waals surface area (Å²) in [5, 5.41) is 3.28. The van der Waals surface area contributed by atoms with E-state index in [2.05, 4.69) is 5.32 Å². The summed E-state index contributed by atoms with van der Waals surface area (Å²) >= 11 is 0. The molecule has 1 saturated heterocycles. The number of hydrogen-bond donors (Lipinski definition) is 1. The summed E-state index contributed by atoms with van der Waals surface area (Å²) < 4.78 is 24.2. The van der Waals surface area contributed by atoms with E-state index in [1.54, 1.807) is 26.4 Å². The van der Waals surface area contributed by atoms with Gasteiger partial charge in [0.2, 0.25) is 0 Å². The van der Waals surface area contributed by atoms with E-state index in [1.165, 1.54) is 12.1 Å². The molecule has 1 aromatic rings. The van der Waals surface area contributed by atoms with E-state index in [9.17, 15) is 4.39 Å². The van der Waals surface area contributed by atoms with E-state index >= 15 is 0 Å². The Morgan fingerprint density at radius 2 is 2.00 bits per heavy atom. The third kappa shape index (κ3) is 2.20. The van der Waals surface area contributed by atoms with Crippen LogP contribution in [0.2, 0.25) is 0 Å². The second-order valence-corrected chi connectivity index (χ2v) is 4.28. The lowest BCUT2D eigenvalue weighted by molar-refractivity contribution is -0.137. The van der Waals surface area contributed by atoms with Crippen LogP contribution in [0.1, 0.15) is 12.0 Å². The number of piperidine rings is 1. The van der Waals surface area contributed by atoms with E-state index in [0.29, 0.717) is 0 Å². The molecule has 0 saturated carbocycles. The Morgan fingerprint density at radius 1 is 1.29 bits per heavy atom. The van der Waals surface area contributed by atoms with Crippen LogP contribution < -0.4 is 5.32 Å². The fraction of sp³-hybridized carbons (Fsp3) is 0.538. The number of halogens is 1. The van der Waals surface area contributed by atoms with Crippen LogP contribution in [-0.4, -0.2) is 33.4 Å². The maximum absolute atomic E-state index is 13.0. The van der Waals surface area contributed by atoms with Crippen LogP contribution in [0.25, 0.3) is 0 Å². The van der Waals surface area contributed by atoms with E-state index in [0.717, 1.165) is 25.1 Å². The Balaban J connectivity index is 2.37. The fourth-order valence-electron chi connectivity index (χ4n) is 2.52. The molecule has 2 unspecified atom stereocenters. The molecule has 1 aromatic carbocycles. The number of ether oxygens (including phenoxy) is 2. The quantitative estimate of drug-likeness (QED) is 0.870. The molecule has 1 aliphatic rings. The van der Waals surface area contributed by atoms with E-state index in [1.807, 2.05) is 0 Å². The Hall–Kier alpha value is -0.970. The molecular weight excluding hydrogens is 221 g/mol. The summed E-state index contributed by atoms with van der Waals surface area (Å²) in [6, 6.07) is 6.47. The predicted molar refractivity (Wildman–Crippen MR) is 63.4 cm³/mol. The van der Waals surface area contributed by atoms with Gasteiger partial charge in [0.15, 0.2) is 0 Å². The summed E-state index contributed by atoms with van der Waals surface area (Å²) in [5.41, 5.74) is 0.489. The van der Waals surface area contributed by atoms with Gasteiger partial charge in [-0.2, -0.15) is 0 Å². The van der Waals surface area contributed by atoms with Gasteiger partial charge in [-0.1, -0.05) is 12.1 Å². The first-order chi connectivity index (χ1) is 8.23. The van der Waals surface area contributed by atoms with Crippen molar-refractivity contribution in [3.05, 3.63) is 35.6 Å². The summed E-state index contributed by atoms with van der Waals surface area (Å²) in [6.45, 7) is 1.60. The van der Waals surface area contributed by atoms with Crippen LogP contribution in [0.15, 0.2) is 24.3 Å². The normalized spacial score (nSPS) is 29.2. The highest BCUT2D eigenvalue weighted by Crippen LogP contribution is 2.35. The fourth-order valence-corrected chi connectivity index (χ4v) is 2.52. The van der Waals surface area contributed by atoms with Crippen molar-refractivity contribution < 1.29 is 13.9 Å². The van der Waals surface area contributed by atoms with Crippen molar-refractivity contribution >= 4 is 0 Å². The monoisotopic (exact) mass is 239 g/mol. The standard InChI is InChI=1S/C13H18FNO2/c1-16-12-9-15-8-7-13(12,17-2)10-3-5-11(14)6-4-10/h3-6,12,15H,7-9H2,1-2H3. The van der Waals surface area contributed by atoms with Gasteiger partial charge in [-0.05, 0) is 30.7 Å². The molecule has 0 radical (unpaired) electrons. The molecule has 94 valence electrons. The van der Waals surface area contributed by atoms with Crippen molar-refractivity contribution in [2.75, 3.05) is 27.3 Å². The van der Waals surface area contributed by atoms with Crippen LogP contribution in [0.4, 0.5) is 4.39 Å². The van der Waals surface area contributed by atoms with Crippen LogP contribution in [-0.2, 0) is 15.1 Å². The molecule has 2 atom stereocenters. The van der Waals surface area contributed by atoms with Crippen LogP contribution in [0.3, 0.4) is 0 Å². The summed E-state index contributed by atoms with van der Waals surface area (Å²) in [5.74, 6) is -0.233. The molecule has 0 aliphatic carbocycles. The van der Waals surface area contributed by atoms with Gasteiger partial charge in [0, 0.05) is 20.8 Å². The Labute approximate surface area is 101 Å². The number of methoxy groups -OCH3 is 2. The number of rotatable bonds is 3. The SMILES string of the molecule is COC1CNCCC1(OC)c1ccc(F)cc1. The summed E-state index contributed by atoms with van der Waals surface area (Å²) in [7, 11) is 3.36. The third-order valence-corrected chi connectivity index (χ3v) is 3.50. The minimum atomic E-state index is -0.478. The van der Waals surface area contributed by atoms with Gasteiger partial charge >= 0.3 is 0 Å². The Morgan fingerprint density at radius 3 is 2.59 bits per heavy atom. The van der Waals surface area contributed by atoms with Gasteiger partial charge in [-0.3, -0.25) is 0 Å². The van der Waals surface area contributed by atoms with Gasteiger partial charge in [0.1, 0.15) is 17.5 Å². The average Bonchev–Trinajstić information content (AvgIpc) is 2.39. The predicted octanol–water partition coefficient (Wildman–Crippen LogP) is 1.68. The molecule has 0 aromatic heterocycles. The molecule has 2 rings (SSSR count). The van der Waals surface area contributed by atoms with Crippen molar-refractivity contribution in [2.24, 2.45) is 0 Å². The zero-order chi connectivity index (χ0) is 12.3. The maximum Gasteiger partial charge on any atom is 0.123 e. The Kier molecular flexibility index (Phi) is 3.76. The number of nitrogens with one attached hydrogen (secondary N) is 1.